The number of carbonyl (C=O) groups is 2. The third-order valence-electron chi connectivity index (χ3n) is 3.78. The van der Waals surface area contributed by atoms with Crippen LogP contribution in [0, 0.1) is 0 Å². The average molecular weight is 277 g/mol. The molecule has 1 unspecified atom stereocenters. The van der Waals surface area contributed by atoms with E-state index < -0.39 is 17.6 Å². The summed E-state index contributed by atoms with van der Waals surface area (Å²) >= 11 is 0. The lowest BCUT2D eigenvalue weighted by Crippen LogP contribution is -2.57. The number of piperidine rings is 1. The van der Waals surface area contributed by atoms with Gasteiger partial charge in [0.25, 0.3) is 0 Å². The minimum absolute atomic E-state index is 0.159. The van der Waals surface area contributed by atoms with Gasteiger partial charge in [0.2, 0.25) is 0 Å². The first-order chi connectivity index (χ1) is 9.54. The average Bonchev–Trinajstić information content (AvgIpc) is 2.46. The van der Waals surface area contributed by atoms with Crippen LogP contribution in [-0.2, 0) is 16.1 Å². The van der Waals surface area contributed by atoms with E-state index in [9.17, 15) is 14.7 Å². The highest BCUT2D eigenvalue weighted by Gasteiger charge is 2.44. The number of hydrogen-bond donors (Lipinski definition) is 1. The standard InChI is InChI=1S/C15H19NO4/c1-15(13(17)18)9-5-6-10-16(15)14(19)20-11-12-7-3-2-4-8-12/h2-4,7-8H,5-6,9-11H2,1H3,(H,17,18). The van der Waals surface area contributed by atoms with Crippen molar-refractivity contribution in [3.63, 3.8) is 0 Å². The van der Waals surface area contributed by atoms with Crippen molar-refractivity contribution in [2.24, 2.45) is 0 Å². The molecule has 1 heterocycles. The smallest absolute Gasteiger partial charge is 0.411 e. The lowest BCUT2D eigenvalue weighted by molar-refractivity contribution is -0.151. The Bertz CT molecular complexity index is 488. The lowest BCUT2D eigenvalue weighted by Gasteiger charge is -2.40. The molecular weight excluding hydrogens is 258 g/mol. The highest BCUT2D eigenvalue weighted by Crippen LogP contribution is 2.29. The third-order valence-corrected chi connectivity index (χ3v) is 3.78. The number of aliphatic carboxylic acids is 1. The third kappa shape index (κ3) is 2.92. The normalized spacial score (nSPS) is 22.4. The Morgan fingerprint density at radius 1 is 1.30 bits per heavy atom. The summed E-state index contributed by atoms with van der Waals surface area (Å²) in [5, 5.41) is 9.35. The van der Waals surface area contributed by atoms with E-state index in [0.717, 1.165) is 18.4 Å². The van der Waals surface area contributed by atoms with Gasteiger partial charge in [0.1, 0.15) is 12.1 Å². The fraction of sp³-hybridized carbons (Fsp3) is 0.467. The number of carbonyl (C=O) groups excluding carboxylic acids is 1. The molecule has 0 aromatic heterocycles. The van der Waals surface area contributed by atoms with E-state index in [1.54, 1.807) is 6.92 Å². The van der Waals surface area contributed by atoms with Crippen molar-refractivity contribution in [1.29, 1.82) is 0 Å². The molecule has 5 heteroatoms. The van der Waals surface area contributed by atoms with Gasteiger partial charge in [0.15, 0.2) is 0 Å². The van der Waals surface area contributed by atoms with Gasteiger partial charge in [-0.05, 0) is 31.7 Å². The van der Waals surface area contributed by atoms with Gasteiger partial charge in [0, 0.05) is 6.54 Å². The van der Waals surface area contributed by atoms with Crippen molar-refractivity contribution in [3.05, 3.63) is 35.9 Å². The molecule has 2 rings (SSSR count). The molecule has 1 aromatic carbocycles. The van der Waals surface area contributed by atoms with Crippen LogP contribution in [-0.4, -0.2) is 34.2 Å². The Morgan fingerprint density at radius 2 is 2.00 bits per heavy atom. The van der Waals surface area contributed by atoms with Gasteiger partial charge in [-0.2, -0.15) is 0 Å². The molecule has 0 saturated carbocycles. The Balaban J connectivity index is 2.02. The Morgan fingerprint density at radius 3 is 2.65 bits per heavy atom. The van der Waals surface area contributed by atoms with Gasteiger partial charge in [-0.15, -0.1) is 0 Å². The summed E-state index contributed by atoms with van der Waals surface area (Å²) < 4.78 is 5.24. The number of carboxylic acids is 1. The molecule has 5 nitrogen and oxygen atoms in total. The van der Waals surface area contributed by atoms with E-state index in [1.807, 2.05) is 30.3 Å². The molecule has 1 aromatic rings. The van der Waals surface area contributed by atoms with Gasteiger partial charge in [-0.3, -0.25) is 4.90 Å². The monoisotopic (exact) mass is 277 g/mol. The van der Waals surface area contributed by atoms with Crippen LogP contribution >= 0.6 is 0 Å². The first-order valence-electron chi connectivity index (χ1n) is 6.76. The summed E-state index contributed by atoms with van der Waals surface area (Å²) in [4.78, 5) is 24.9. The highest BCUT2D eigenvalue weighted by molar-refractivity contribution is 5.84. The molecule has 1 atom stereocenters. The van der Waals surface area contributed by atoms with Gasteiger partial charge in [-0.25, -0.2) is 9.59 Å². The molecular formula is C15H19NO4. The molecule has 108 valence electrons. The zero-order valence-corrected chi connectivity index (χ0v) is 11.5. The Hall–Kier alpha value is -2.04. The number of ether oxygens (including phenoxy) is 1. The number of hydrogen-bond acceptors (Lipinski definition) is 3. The minimum atomic E-state index is -1.16. The first-order valence-corrected chi connectivity index (χ1v) is 6.76. The summed E-state index contributed by atoms with van der Waals surface area (Å²) in [7, 11) is 0. The highest BCUT2D eigenvalue weighted by atomic mass is 16.6. The Labute approximate surface area is 118 Å². The van der Waals surface area contributed by atoms with Crippen LogP contribution in [0.5, 0.6) is 0 Å². The van der Waals surface area contributed by atoms with Crippen molar-refractivity contribution in [1.82, 2.24) is 4.90 Å². The number of rotatable bonds is 3. The molecule has 1 fully saturated rings. The van der Waals surface area contributed by atoms with E-state index in [1.165, 1.54) is 4.90 Å². The fourth-order valence-corrected chi connectivity index (χ4v) is 2.43. The van der Waals surface area contributed by atoms with Crippen LogP contribution in [0.1, 0.15) is 31.7 Å². The molecule has 20 heavy (non-hydrogen) atoms. The summed E-state index contributed by atoms with van der Waals surface area (Å²) in [6.45, 7) is 2.17. The second-order valence-electron chi connectivity index (χ2n) is 5.23. The van der Waals surface area contributed by atoms with E-state index in [0.29, 0.717) is 13.0 Å². The molecule has 1 aliphatic rings. The Kier molecular flexibility index (Phi) is 4.27. The molecule has 1 saturated heterocycles. The van der Waals surface area contributed by atoms with E-state index in [-0.39, 0.29) is 6.61 Å². The number of likely N-dealkylation sites (tertiary alicyclic amines) is 1. The van der Waals surface area contributed by atoms with Crippen LogP contribution in [0.4, 0.5) is 4.79 Å². The van der Waals surface area contributed by atoms with Gasteiger partial charge in [-0.1, -0.05) is 30.3 Å². The molecule has 0 radical (unpaired) electrons. The quantitative estimate of drug-likeness (QED) is 0.922. The maximum Gasteiger partial charge on any atom is 0.411 e. The van der Waals surface area contributed by atoms with Crippen LogP contribution in [0.2, 0.25) is 0 Å². The van der Waals surface area contributed by atoms with Gasteiger partial charge < -0.3 is 9.84 Å². The second kappa shape index (κ2) is 5.94. The summed E-state index contributed by atoms with van der Waals surface area (Å²) in [5.74, 6) is -0.978. The maximum absolute atomic E-state index is 12.1. The topological polar surface area (TPSA) is 66.8 Å². The van der Waals surface area contributed by atoms with E-state index >= 15 is 0 Å². The zero-order valence-electron chi connectivity index (χ0n) is 11.5. The van der Waals surface area contributed by atoms with Gasteiger partial charge >= 0.3 is 12.1 Å². The van der Waals surface area contributed by atoms with Crippen molar-refractivity contribution in [3.8, 4) is 0 Å². The predicted octanol–water partition coefficient (Wildman–Crippen LogP) is 2.65. The number of benzene rings is 1. The zero-order chi connectivity index (χ0) is 14.6. The molecule has 0 aliphatic carbocycles. The fourth-order valence-electron chi connectivity index (χ4n) is 2.43. The second-order valence-corrected chi connectivity index (χ2v) is 5.23. The van der Waals surface area contributed by atoms with E-state index in [2.05, 4.69) is 0 Å². The number of carboxylic acid groups (broad SMARTS) is 1. The van der Waals surface area contributed by atoms with Crippen molar-refractivity contribution in [2.45, 2.75) is 38.3 Å². The molecule has 1 N–H and O–H groups in total. The van der Waals surface area contributed by atoms with Crippen molar-refractivity contribution in [2.75, 3.05) is 6.54 Å². The maximum atomic E-state index is 12.1. The predicted molar refractivity (Wildman–Crippen MR) is 73.2 cm³/mol. The van der Waals surface area contributed by atoms with Crippen LogP contribution in [0.3, 0.4) is 0 Å². The minimum Gasteiger partial charge on any atom is -0.480 e. The summed E-state index contributed by atoms with van der Waals surface area (Å²) in [6, 6.07) is 9.34. The van der Waals surface area contributed by atoms with Crippen molar-refractivity contribution < 1.29 is 19.4 Å². The largest absolute Gasteiger partial charge is 0.480 e. The van der Waals surface area contributed by atoms with Crippen LogP contribution < -0.4 is 0 Å². The molecule has 1 amide bonds. The lowest BCUT2D eigenvalue weighted by atomic mass is 9.89. The SMILES string of the molecule is CC1(C(=O)O)CCCCN1C(=O)OCc1ccccc1. The number of amides is 1. The van der Waals surface area contributed by atoms with E-state index in [4.69, 9.17) is 4.74 Å². The van der Waals surface area contributed by atoms with Crippen LogP contribution in [0.15, 0.2) is 30.3 Å². The first kappa shape index (κ1) is 14.4. The van der Waals surface area contributed by atoms with Gasteiger partial charge in [0.05, 0.1) is 0 Å². The van der Waals surface area contributed by atoms with Crippen molar-refractivity contribution >= 4 is 12.1 Å². The van der Waals surface area contributed by atoms with Crippen LogP contribution in [0.25, 0.3) is 0 Å². The number of nitrogens with zero attached hydrogens (tertiary/aromatic N) is 1. The summed E-state index contributed by atoms with van der Waals surface area (Å²) in [5.41, 5.74) is -0.277. The molecule has 0 spiro atoms. The summed E-state index contributed by atoms with van der Waals surface area (Å²) in [6.07, 6.45) is 1.52. The molecule has 1 aliphatic heterocycles. The molecule has 0 bridgehead atoms.